The molecule has 174 valence electrons. The number of ether oxygens (including phenoxy) is 1. The van der Waals surface area contributed by atoms with E-state index in [-0.39, 0.29) is 23.9 Å². The Hall–Kier alpha value is -3.03. The van der Waals surface area contributed by atoms with Crippen LogP contribution in [0, 0.1) is 5.82 Å². The van der Waals surface area contributed by atoms with Crippen LogP contribution in [0.25, 0.3) is 11.1 Å². The molecule has 2 aromatic carbocycles. The Bertz CT molecular complexity index is 1070. The van der Waals surface area contributed by atoms with Gasteiger partial charge in [-0.2, -0.15) is 0 Å². The molecule has 33 heavy (non-hydrogen) atoms. The summed E-state index contributed by atoms with van der Waals surface area (Å²) in [4.78, 5) is 19.7. The lowest BCUT2D eigenvalue weighted by Gasteiger charge is -2.24. The van der Waals surface area contributed by atoms with Gasteiger partial charge < -0.3 is 19.9 Å². The van der Waals surface area contributed by atoms with Gasteiger partial charge in [0.1, 0.15) is 11.5 Å². The number of carbonyl (C=O) groups excluding carboxylic acids is 1. The highest BCUT2D eigenvalue weighted by Gasteiger charge is 2.26. The van der Waals surface area contributed by atoms with Gasteiger partial charge in [-0.3, -0.25) is 4.79 Å². The molecule has 4 rings (SSSR count). The lowest BCUT2D eigenvalue weighted by Crippen LogP contribution is -2.34. The maximum Gasteiger partial charge on any atom is 0.272 e. The number of hydrogen-bond acceptors (Lipinski definition) is 4. The van der Waals surface area contributed by atoms with E-state index in [2.05, 4.69) is 11.9 Å². The van der Waals surface area contributed by atoms with Gasteiger partial charge in [0.2, 0.25) is 0 Å². The second-order valence-corrected chi connectivity index (χ2v) is 8.46. The fourth-order valence-corrected chi connectivity index (χ4v) is 4.51. The molecule has 1 aromatic heterocycles. The van der Waals surface area contributed by atoms with E-state index < -0.39 is 0 Å². The maximum absolute atomic E-state index is 13.4. The van der Waals surface area contributed by atoms with Crippen molar-refractivity contribution in [3.8, 4) is 11.1 Å². The normalized spacial score (nSPS) is 17.5. The second kappa shape index (κ2) is 10.7. The molecule has 0 spiro atoms. The quantitative estimate of drug-likeness (QED) is 0.584. The van der Waals surface area contributed by atoms with Crippen molar-refractivity contribution in [3.63, 3.8) is 0 Å². The van der Waals surface area contributed by atoms with E-state index in [9.17, 15) is 9.18 Å². The van der Waals surface area contributed by atoms with Gasteiger partial charge in [-0.25, -0.2) is 9.37 Å². The van der Waals surface area contributed by atoms with Crippen LogP contribution in [-0.4, -0.2) is 52.7 Å². The molecule has 1 saturated heterocycles. The van der Waals surface area contributed by atoms with E-state index in [1.54, 1.807) is 24.7 Å². The Balaban J connectivity index is 1.56. The molecule has 2 heterocycles. The largest absolute Gasteiger partial charge is 0.377 e. The van der Waals surface area contributed by atoms with Gasteiger partial charge in [0.25, 0.3) is 5.91 Å². The molecule has 1 amide bonds. The summed E-state index contributed by atoms with van der Waals surface area (Å²) in [5, 5.41) is 0. The number of halogens is 1. The molecule has 0 unspecified atom stereocenters. The lowest BCUT2D eigenvalue weighted by molar-refractivity contribution is 0.0476. The van der Waals surface area contributed by atoms with Crippen LogP contribution in [0.1, 0.15) is 48.3 Å². The van der Waals surface area contributed by atoms with Crippen LogP contribution in [0.5, 0.6) is 0 Å². The molecule has 1 fully saturated rings. The number of carbonyl (C=O) groups is 1. The minimum absolute atomic E-state index is 0.0157. The third-order valence-electron chi connectivity index (χ3n) is 6.30. The molecule has 1 aliphatic rings. The molecular weight excluding hydrogens is 419 g/mol. The molecular formula is C26H31FN4O2. The first-order valence-corrected chi connectivity index (χ1v) is 11.6. The summed E-state index contributed by atoms with van der Waals surface area (Å²) >= 11 is 0. The fraction of sp³-hybridized carbons (Fsp3) is 0.385. The van der Waals surface area contributed by atoms with Gasteiger partial charge in [0, 0.05) is 19.6 Å². The molecule has 0 bridgehead atoms. The highest BCUT2D eigenvalue weighted by molar-refractivity contribution is 5.92. The van der Waals surface area contributed by atoms with Gasteiger partial charge in [-0.1, -0.05) is 36.4 Å². The van der Waals surface area contributed by atoms with Crippen LogP contribution < -0.4 is 5.73 Å². The van der Waals surface area contributed by atoms with E-state index in [1.165, 1.54) is 12.1 Å². The van der Waals surface area contributed by atoms with Crippen molar-refractivity contribution in [2.24, 2.45) is 5.73 Å². The van der Waals surface area contributed by atoms with Crippen molar-refractivity contribution in [3.05, 3.63) is 78.1 Å². The van der Waals surface area contributed by atoms with E-state index in [0.29, 0.717) is 31.9 Å². The van der Waals surface area contributed by atoms with Gasteiger partial charge in [-0.05, 0) is 55.0 Å². The average molecular weight is 451 g/mol. The summed E-state index contributed by atoms with van der Waals surface area (Å²) in [7, 11) is 0. The number of amides is 1. The topological polar surface area (TPSA) is 73.4 Å². The van der Waals surface area contributed by atoms with Crippen LogP contribution in [0.4, 0.5) is 4.39 Å². The fourth-order valence-electron chi connectivity index (χ4n) is 4.51. The number of hydrogen-bond donors (Lipinski definition) is 1. The summed E-state index contributed by atoms with van der Waals surface area (Å²) in [5.41, 5.74) is 9.11. The van der Waals surface area contributed by atoms with Crippen molar-refractivity contribution >= 4 is 5.91 Å². The Morgan fingerprint density at radius 1 is 1.18 bits per heavy atom. The Morgan fingerprint density at radius 2 is 1.97 bits per heavy atom. The maximum atomic E-state index is 13.4. The predicted octanol–water partition coefficient (Wildman–Crippen LogP) is 4.27. The monoisotopic (exact) mass is 450 g/mol. The Kier molecular flexibility index (Phi) is 7.52. The summed E-state index contributed by atoms with van der Waals surface area (Å²) in [6, 6.07) is 14.4. The van der Waals surface area contributed by atoms with Gasteiger partial charge in [-0.15, -0.1) is 0 Å². The van der Waals surface area contributed by atoms with Crippen molar-refractivity contribution in [2.75, 3.05) is 26.2 Å². The summed E-state index contributed by atoms with van der Waals surface area (Å²) < 4.78 is 21.2. The number of nitrogens with zero attached hydrogens (tertiary/aromatic N) is 3. The Labute approximate surface area is 194 Å². The number of rotatable bonds is 7. The predicted molar refractivity (Wildman–Crippen MR) is 126 cm³/mol. The zero-order chi connectivity index (χ0) is 23.2. The van der Waals surface area contributed by atoms with Crippen molar-refractivity contribution in [1.29, 1.82) is 0 Å². The molecule has 7 heteroatoms. The molecule has 0 aliphatic carbocycles. The van der Waals surface area contributed by atoms with Crippen LogP contribution >= 0.6 is 0 Å². The molecule has 2 N–H and O–H groups in total. The average Bonchev–Trinajstić information content (AvgIpc) is 3.21. The highest BCUT2D eigenvalue weighted by Crippen LogP contribution is 2.31. The molecule has 0 saturated carbocycles. The van der Waals surface area contributed by atoms with Gasteiger partial charge in [0.05, 0.1) is 31.3 Å². The summed E-state index contributed by atoms with van der Waals surface area (Å²) in [6.07, 6.45) is 6.15. The minimum Gasteiger partial charge on any atom is -0.377 e. The van der Waals surface area contributed by atoms with Gasteiger partial charge in [0.15, 0.2) is 0 Å². The van der Waals surface area contributed by atoms with E-state index in [0.717, 1.165) is 36.0 Å². The van der Waals surface area contributed by atoms with Crippen LogP contribution in [0.15, 0.2) is 61.1 Å². The van der Waals surface area contributed by atoms with E-state index in [1.807, 2.05) is 33.7 Å². The zero-order valence-electron chi connectivity index (χ0n) is 19.0. The first-order valence-electron chi connectivity index (χ1n) is 11.6. The van der Waals surface area contributed by atoms with Crippen molar-refractivity contribution < 1.29 is 13.9 Å². The number of imidazole rings is 1. The van der Waals surface area contributed by atoms with E-state index >= 15 is 0 Å². The van der Waals surface area contributed by atoms with Crippen molar-refractivity contribution in [2.45, 2.75) is 38.3 Å². The van der Waals surface area contributed by atoms with Crippen LogP contribution in [0.2, 0.25) is 0 Å². The lowest BCUT2D eigenvalue weighted by atomic mass is 9.95. The number of likely N-dealkylation sites (tertiary alicyclic amines) is 1. The van der Waals surface area contributed by atoms with E-state index in [4.69, 9.17) is 10.5 Å². The third-order valence-corrected chi connectivity index (χ3v) is 6.30. The molecule has 0 radical (unpaired) electrons. The molecule has 3 aromatic rings. The van der Waals surface area contributed by atoms with Crippen LogP contribution in [-0.2, 0) is 4.74 Å². The van der Waals surface area contributed by atoms with Gasteiger partial charge >= 0.3 is 0 Å². The SMILES string of the molecule is C[C@@H](c1ccccc1-c1ccc(F)cc1)n1cncc1C(=O)N1CCC[C@@H](OCCN)CC1. The second-order valence-electron chi connectivity index (χ2n) is 8.46. The smallest absolute Gasteiger partial charge is 0.272 e. The first kappa shape index (κ1) is 23.1. The Morgan fingerprint density at radius 3 is 2.76 bits per heavy atom. The van der Waals surface area contributed by atoms with Crippen molar-refractivity contribution in [1.82, 2.24) is 14.5 Å². The first-order chi connectivity index (χ1) is 16.1. The number of benzene rings is 2. The summed E-state index contributed by atoms with van der Waals surface area (Å²) in [5.74, 6) is -0.280. The highest BCUT2D eigenvalue weighted by atomic mass is 19.1. The minimum atomic E-state index is -0.264. The number of nitrogens with two attached hydrogens (primary N) is 1. The molecule has 6 nitrogen and oxygen atoms in total. The molecule has 1 aliphatic heterocycles. The molecule has 2 atom stereocenters. The standard InChI is InChI=1S/C26H31FN4O2/c1-19(23-6-2-3-7-24(23)20-8-10-21(27)11-9-20)31-18-29-17-25(31)26(32)30-14-4-5-22(12-15-30)33-16-13-28/h2-3,6-11,17-19,22H,4-5,12-16,28H2,1H3/t19-,22+/m0/s1. The zero-order valence-corrected chi connectivity index (χ0v) is 19.0. The number of aromatic nitrogens is 2. The van der Waals surface area contributed by atoms with Crippen LogP contribution in [0.3, 0.4) is 0 Å². The summed E-state index contributed by atoms with van der Waals surface area (Å²) in [6.45, 7) is 4.47. The third kappa shape index (κ3) is 5.31.